The summed E-state index contributed by atoms with van der Waals surface area (Å²) in [6.45, 7) is 3.90. The van der Waals surface area contributed by atoms with Crippen molar-refractivity contribution in [1.82, 2.24) is 4.73 Å². The van der Waals surface area contributed by atoms with Crippen LogP contribution in [-0.2, 0) is 25.5 Å². The number of ketones is 1. The summed E-state index contributed by atoms with van der Waals surface area (Å²) in [6.07, 6.45) is 0.452. The third kappa shape index (κ3) is 5.96. The van der Waals surface area contributed by atoms with Gasteiger partial charge in [-0.25, -0.2) is 4.39 Å². The van der Waals surface area contributed by atoms with Gasteiger partial charge in [-0.2, -0.15) is 4.73 Å². The average molecular weight is 543 g/mol. The number of rotatable bonds is 11. The first kappa shape index (κ1) is 28.3. The monoisotopic (exact) mass is 542 g/mol. The quantitative estimate of drug-likeness (QED) is 0.0961. The van der Waals surface area contributed by atoms with Crippen LogP contribution < -0.4 is 5.32 Å². The Morgan fingerprint density at radius 3 is 2.27 bits per heavy atom. The van der Waals surface area contributed by atoms with E-state index in [0.29, 0.717) is 34.6 Å². The Labute approximate surface area is 232 Å². The molecule has 0 saturated carbocycles. The molecule has 0 spiro atoms. The van der Waals surface area contributed by atoms with Crippen LogP contribution in [0.3, 0.4) is 0 Å². The maximum absolute atomic E-state index is 14.0. The molecule has 4 rings (SSSR count). The van der Waals surface area contributed by atoms with E-state index in [1.54, 1.807) is 18.2 Å². The number of methoxy groups -OCH3 is 1. The fourth-order valence-corrected chi connectivity index (χ4v) is 4.86. The summed E-state index contributed by atoms with van der Waals surface area (Å²) in [5.41, 5.74) is 6.10. The summed E-state index contributed by atoms with van der Waals surface area (Å²) >= 11 is 0. The SMILES string of the molecule is COC(=O)CC(=O)CCc1c(-c2ccc(NC=O)c(-c3ccccc3)c2-c2ccc(F)cc2)cc(C(C)C)n1O. The fraction of sp³-hybridized carbons (Fsp3) is 0.219. The normalized spacial score (nSPS) is 10.9. The van der Waals surface area contributed by atoms with Crippen molar-refractivity contribution in [2.45, 2.75) is 39.0 Å². The van der Waals surface area contributed by atoms with Crippen LogP contribution in [0.1, 0.15) is 44.0 Å². The Morgan fingerprint density at radius 1 is 0.975 bits per heavy atom. The van der Waals surface area contributed by atoms with Gasteiger partial charge in [0.2, 0.25) is 6.41 Å². The molecule has 1 aromatic heterocycles. The number of amides is 1. The van der Waals surface area contributed by atoms with Crippen molar-refractivity contribution in [3.05, 3.63) is 90.0 Å². The summed E-state index contributed by atoms with van der Waals surface area (Å²) in [4.78, 5) is 35.7. The van der Waals surface area contributed by atoms with Crippen molar-refractivity contribution < 1.29 is 28.7 Å². The molecule has 0 unspecified atom stereocenters. The summed E-state index contributed by atoms with van der Waals surface area (Å²) in [7, 11) is 1.23. The number of anilines is 1. The molecule has 0 aliphatic rings. The van der Waals surface area contributed by atoms with E-state index in [2.05, 4.69) is 10.1 Å². The van der Waals surface area contributed by atoms with Crippen LogP contribution in [-0.4, -0.2) is 35.2 Å². The fourth-order valence-electron chi connectivity index (χ4n) is 4.86. The Kier molecular flexibility index (Phi) is 8.79. The van der Waals surface area contributed by atoms with Gasteiger partial charge >= 0.3 is 5.97 Å². The minimum Gasteiger partial charge on any atom is -0.469 e. The first-order chi connectivity index (χ1) is 19.2. The molecule has 7 nitrogen and oxygen atoms in total. The van der Waals surface area contributed by atoms with Crippen molar-refractivity contribution in [2.24, 2.45) is 0 Å². The van der Waals surface area contributed by atoms with E-state index in [-0.39, 0.29) is 36.8 Å². The molecule has 0 fully saturated rings. The van der Waals surface area contributed by atoms with Crippen molar-refractivity contribution in [2.75, 3.05) is 12.4 Å². The minimum atomic E-state index is -0.614. The van der Waals surface area contributed by atoms with Crippen LogP contribution >= 0.6 is 0 Å². The zero-order chi connectivity index (χ0) is 28.8. The number of nitrogens with zero attached hydrogens (tertiary/aromatic N) is 1. The van der Waals surface area contributed by atoms with E-state index >= 15 is 0 Å². The molecule has 0 aliphatic heterocycles. The third-order valence-corrected chi connectivity index (χ3v) is 6.81. The van der Waals surface area contributed by atoms with Gasteiger partial charge in [-0.15, -0.1) is 0 Å². The van der Waals surface area contributed by atoms with Crippen LogP contribution in [0.4, 0.5) is 10.1 Å². The zero-order valence-electron chi connectivity index (χ0n) is 22.6. The number of benzene rings is 3. The number of carbonyl (C=O) groups is 3. The standard InChI is InChI=1S/C32H31FN2O5/c1-20(2)29-18-26(28(35(29)39)16-13-24(37)17-30(38)40-3)25-14-15-27(34-19-36)32(21-7-5-4-6-8-21)31(25)22-9-11-23(33)12-10-22/h4-12,14-15,18-20,39H,13,16-17H2,1-3H3,(H,34,36). The Hall–Kier alpha value is -4.72. The van der Waals surface area contributed by atoms with Crippen molar-refractivity contribution in [3.63, 3.8) is 0 Å². The van der Waals surface area contributed by atoms with Gasteiger partial charge < -0.3 is 15.3 Å². The van der Waals surface area contributed by atoms with Gasteiger partial charge in [0.25, 0.3) is 0 Å². The summed E-state index contributed by atoms with van der Waals surface area (Å²) in [5, 5.41) is 14.0. The molecule has 0 atom stereocenters. The van der Waals surface area contributed by atoms with Crippen molar-refractivity contribution in [3.8, 4) is 33.4 Å². The molecule has 1 heterocycles. The second-order valence-corrected chi connectivity index (χ2v) is 9.73. The van der Waals surface area contributed by atoms with Crippen LogP contribution in [0, 0.1) is 5.82 Å². The summed E-state index contributed by atoms with van der Waals surface area (Å²) < 4.78 is 19.7. The number of aromatic nitrogens is 1. The maximum Gasteiger partial charge on any atom is 0.313 e. The van der Waals surface area contributed by atoms with Crippen molar-refractivity contribution in [1.29, 1.82) is 0 Å². The van der Waals surface area contributed by atoms with E-state index in [1.165, 1.54) is 19.2 Å². The lowest BCUT2D eigenvalue weighted by Crippen LogP contribution is -2.12. The van der Waals surface area contributed by atoms with Crippen molar-refractivity contribution >= 4 is 23.9 Å². The average Bonchev–Trinajstić information content (AvgIpc) is 3.28. The van der Waals surface area contributed by atoms with E-state index in [4.69, 9.17) is 0 Å². The maximum atomic E-state index is 14.0. The lowest BCUT2D eigenvalue weighted by molar-refractivity contribution is -0.143. The lowest BCUT2D eigenvalue weighted by Gasteiger charge is -2.20. The van der Waals surface area contributed by atoms with Gasteiger partial charge in [-0.05, 0) is 58.9 Å². The third-order valence-electron chi connectivity index (χ3n) is 6.81. The van der Waals surface area contributed by atoms with Gasteiger partial charge in [0.05, 0.1) is 18.5 Å². The van der Waals surface area contributed by atoms with Crippen LogP contribution in [0.5, 0.6) is 0 Å². The molecule has 8 heteroatoms. The van der Waals surface area contributed by atoms with Crippen LogP contribution in [0.25, 0.3) is 33.4 Å². The molecule has 0 aliphatic carbocycles. The molecular weight excluding hydrogens is 511 g/mol. The first-order valence-electron chi connectivity index (χ1n) is 13.0. The smallest absolute Gasteiger partial charge is 0.313 e. The molecular formula is C32H31FN2O5. The summed E-state index contributed by atoms with van der Waals surface area (Å²) in [6, 6.07) is 21.1. The Morgan fingerprint density at radius 2 is 1.65 bits per heavy atom. The predicted molar refractivity (Wildman–Crippen MR) is 152 cm³/mol. The van der Waals surface area contributed by atoms with Gasteiger partial charge in [0.1, 0.15) is 18.0 Å². The number of carbonyl (C=O) groups excluding carboxylic acids is 3. The molecule has 2 N–H and O–H groups in total. The van der Waals surface area contributed by atoms with E-state index in [0.717, 1.165) is 27.0 Å². The lowest BCUT2D eigenvalue weighted by atomic mass is 9.86. The van der Waals surface area contributed by atoms with E-state index in [1.807, 2.05) is 56.3 Å². The van der Waals surface area contributed by atoms with Gasteiger partial charge in [0, 0.05) is 23.2 Å². The Balaban J connectivity index is 1.98. The number of hydrogen-bond acceptors (Lipinski definition) is 5. The minimum absolute atomic E-state index is 0.0203. The highest BCUT2D eigenvalue weighted by molar-refractivity contribution is 6.02. The molecule has 206 valence electrons. The van der Waals surface area contributed by atoms with Crippen LogP contribution in [0.2, 0.25) is 0 Å². The van der Waals surface area contributed by atoms with Gasteiger partial charge in [-0.1, -0.05) is 62.4 Å². The van der Waals surface area contributed by atoms with E-state index < -0.39 is 5.97 Å². The first-order valence-corrected chi connectivity index (χ1v) is 13.0. The number of halogens is 1. The largest absolute Gasteiger partial charge is 0.469 e. The Bertz CT molecular complexity index is 1530. The number of esters is 1. The zero-order valence-corrected chi connectivity index (χ0v) is 22.6. The molecule has 4 aromatic rings. The second kappa shape index (κ2) is 12.4. The number of Topliss-reactive ketones (excluding diaryl/α,β-unsaturated/α-hetero) is 1. The van der Waals surface area contributed by atoms with Gasteiger partial charge in [0.15, 0.2) is 0 Å². The van der Waals surface area contributed by atoms with Crippen LogP contribution in [0.15, 0.2) is 72.8 Å². The highest BCUT2D eigenvalue weighted by Crippen LogP contribution is 2.46. The molecule has 1 amide bonds. The molecule has 0 bridgehead atoms. The molecule has 3 aromatic carbocycles. The predicted octanol–water partition coefficient (Wildman–Crippen LogP) is 6.62. The number of nitrogens with one attached hydrogen (secondary N) is 1. The topological polar surface area (TPSA) is 97.6 Å². The summed E-state index contributed by atoms with van der Waals surface area (Å²) in [5.74, 6) is -1.35. The number of ether oxygens (including phenoxy) is 1. The van der Waals surface area contributed by atoms with Gasteiger partial charge in [-0.3, -0.25) is 14.4 Å². The second-order valence-electron chi connectivity index (χ2n) is 9.73. The molecule has 0 radical (unpaired) electrons. The molecule has 0 saturated heterocycles. The molecule has 40 heavy (non-hydrogen) atoms. The highest BCUT2D eigenvalue weighted by Gasteiger charge is 2.25. The number of hydrogen-bond donors (Lipinski definition) is 2. The highest BCUT2D eigenvalue weighted by atomic mass is 19.1. The van der Waals surface area contributed by atoms with E-state index in [9.17, 15) is 24.0 Å².